The van der Waals surface area contributed by atoms with Crippen molar-refractivity contribution in [2.45, 2.75) is 25.6 Å². The van der Waals surface area contributed by atoms with Gasteiger partial charge in [0.15, 0.2) is 9.84 Å². The van der Waals surface area contributed by atoms with Crippen LogP contribution >= 0.6 is 11.6 Å². The number of halogens is 2. The van der Waals surface area contributed by atoms with Crippen molar-refractivity contribution in [1.29, 1.82) is 0 Å². The zero-order chi connectivity index (χ0) is 19.3. The van der Waals surface area contributed by atoms with Crippen molar-refractivity contribution in [2.24, 2.45) is 0 Å². The second-order valence-electron chi connectivity index (χ2n) is 7.02. The summed E-state index contributed by atoms with van der Waals surface area (Å²) < 4.78 is 38.6. The molecule has 2 amide bonds. The number of fused-ring (bicyclic) bond motifs is 1. The van der Waals surface area contributed by atoms with Gasteiger partial charge in [-0.05, 0) is 30.7 Å². The summed E-state index contributed by atoms with van der Waals surface area (Å²) in [6, 6.07) is 10.1. The first-order valence-electron chi connectivity index (χ1n) is 8.56. The molecule has 2 heterocycles. The number of carbonyl (C=O) groups is 1. The van der Waals surface area contributed by atoms with Gasteiger partial charge in [0, 0.05) is 16.3 Å². The number of benzene rings is 2. The Hall–Kier alpha value is -2.12. The molecule has 2 aliphatic rings. The van der Waals surface area contributed by atoms with Crippen LogP contribution in [0.4, 0.5) is 14.9 Å². The molecule has 27 heavy (non-hydrogen) atoms. The lowest BCUT2D eigenvalue weighted by Crippen LogP contribution is -2.37. The molecule has 8 heteroatoms. The van der Waals surface area contributed by atoms with E-state index >= 15 is 0 Å². The smallest absolute Gasteiger partial charge is 0.314 e. The second kappa shape index (κ2) is 6.49. The number of aryl methyl sites for hydroxylation is 1. The Morgan fingerprint density at radius 3 is 2.56 bits per heavy atom. The number of amides is 2. The number of nitrogens with zero attached hydrogens (tertiary/aromatic N) is 2. The third-order valence-corrected chi connectivity index (χ3v) is 7.32. The summed E-state index contributed by atoms with van der Waals surface area (Å²) in [5, 5.41) is 0.505. The molecular weight excluding hydrogens is 391 g/mol. The first-order chi connectivity index (χ1) is 12.8. The van der Waals surface area contributed by atoms with E-state index in [0.29, 0.717) is 16.3 Å². The van der Waals surface area contributed by atoms with Crippen LogP contribution < -0.4 is 4.90 Å². The molecule has 0 spiro atoms. The van der Waals surface area contributed by atoms with E-state index in [9.17, 15) is 17.6 Å². The van der Waals surface area contributed by atoms with E-state index in [0.717, 1.165) is 5.56 Å². The van der Waals surface area contributed by atoms with Gasteiger partial charge in [0.25, 0.3) is 0 Å². The van der Waals surface area contributed by atoms with E-state index in [4.69, 9.17) is 11.6 Å². The van der Waals surface area contributed by atoms with Gasteiger partial charge in [0.05, 0.1) is 30.1 Å². The maximum atomic E-state index is 14.1. The van der Waals surface area contributed by atoms with Crippen LogP contribution in [0, 0.1) is 12.7 Å². The molecule has 0 radical (unpaired) electrons. The van der Waals surface area contributed by atoms with Gasteiger partial charge in [-0.3, -0.25) is 4.90 Å². The molecule has 0 bridgehead atoms. The van der Waals surface area contributed by atoms with Crippen LogP contribution in [0.5, 0.6) is 0 Å². The zero-order valence-corrected chi connectivity index (χ0v) is 16.2. The van der Waals surface area contributed by atoms with Crippen LogP contribution in [0.25, 0.3) is 0 Å². The van der Waals surface area contributed by atoms with Crippen molar-refractivity contribution >= 4 is 33.2 Å². The first kappa shape index (κ1) is 18.3. The molecule has 0 saturated carbocycles. The highest BCUT2D eigenvalue weighted by Gasteiger charge is 2.53. The van der Waals surface area contributed by atoms with E-state index in [-0.39, 0.29) is 24.1 Å². The van der Waals surface area contributed by atoms with E-state index in [1.807, 2.05) is 6.92 Å². The Kier molecular flexibility index (Phi) is 4.39. The van der Waals surface area contributed by atoms with Gasteiger partial charge in [-0.2, -0.15) is 0 Å². The average Bonchev–Trinajstić information content (AvgIpc) is 3.03. The SMILES string of the molecule is Cc1ccc(N2C(=O)N(Cc3ccccc3F)[C@@H]3CS(=O)(=O)C[C@H]32)cc1Cl. The molecule has 2 aliphatic heterocycles. The molecule has 0 unspecified atom stereocenters. The molecule has 2 saturated heterocycles. The lowest BCUT2D eigenvalue weighted by Gasteiger charge is -2.23. The third kappa shape index (κ3) is 3.19. The summed E-state index contributed by atoms with van der Waals surface area (Å²) in [5.74, 6) is -0.643. The predicted octanol–water partition coefficient (Wildman–Crippen LogP) is 3.40. The standard InChI is InChI=1S/C19H18ClFN2O3S/c1-12-6-7-14(8-15(12)20)23-18-11-27(25,26)10-17(18)22(19(23)24)9-13-4-2-3-5-16(13)21/h2-8,17-18H,9-11H2,1H3/t17-,18-/m1/s1. The zero-order valence-electron chi connectivity index (χ0n) is 14.6. The van der Waals surface area contributed by atoms with Gasteiger partial charge < -0.3 is 4.90 Å². The molecule has 4 rings (SSSR count). The number of hydrogen-bond donors (Lipinski definition) is 0. The summed E-state index contributed by atoms with van der Waals surface area (Å²) in [6.45, 7) is 1.88. The Morgan fingerprint density at radius 1 is 1.15 bits per heavy atom. The van der Waals surface area contributed by atoms with Crippen molar-refractivity contribution < 1.29 is 17.6 Å². The van der Waals surface area contributed by atoms with Crippen LogP contribution in [-0.2, 0) is 16.4 Å². The van der Waals surface area contributed by atoms with Gasteiger partial charge in [0.2, 0.25) is 0 Å². The van der Waals surface area contributed by atoms with Crippen molar-refractivity contribution in [3.05, 3.63) is 64.4 Å². The minimum absolute atomic E-state index is 0.0261. The van der Waals surface area contributed by atoms with E-state index in [1.54, 1.807) is 36.4 Å². The quantitative estimate of drug-likeness (QED) is 0.731. The minimum atomic E-state index is -3.29. The average molecular weight is 409 g/mol. The summed E-state index contributed by atoms with van der Waals surface area (Å²) in [4.78, 5) is 16.1. The van der Waals surface area contributed by atoms with Gasteiger partial charge >= 0.3 is 6.03 Å². The largest absolute Gasteiger partial charge is 0.325 e. The second-order valence-corrected chi connectivity index (χ2v) is 9.58. The van der Waals surface area contributed by atoms with Gasteiger partial charge in [-0.25, -0.2) is 17.6 Å². The highest BCUT2D eigenvalue weighted by atomic mass is 35.5. The number of urea groups is 1. The number of hydrogen-bond acceptors (Lipinski definition) is 3. The first-order valence-corrected chi connectivity index (χ1v) is 10.8. The van der Waals surface area contributed by atoms with Crippen molar-refractivity contribution in [3.8, 4) is 0 Å². The molecular formula is C19H18ClFN2O3S. The fraction of sp³-hybridized carbons (Fsp3) is 0.316. The number of sulfone groups is 1. The molecule has 2 aromatic rings. The number of rotatable bonds is 3. The number of anilines is 1. The fourth-order valence-corrected chi connectivity index (χ4v) is 5.93. The molecule has 0 N–H and O–H groups in total. The Labute approximate surface area is 162 Å². The summed E-state index contributed by atoms with van der Waals surface area (Å²) in [5.41, 5.74) is 1.78. The van der Waals surface area contributed by atoms with Crippen LogP contribution in [0.15, 0.2) is 42.5 Å². The van der Waals surface area contributed by atoms with Crippen molar-refractivity contribution in [2.75, 3.05) is 16.4 Å². The number of carbonyl (C=O) groups excluding carboxylic acids is 1. The van der Waals surface area contributed by atoms with Crippen LogP contribution in [0.1, 0.15) is 11.1 Å². The van der Waals surface area contributed by atoms with Crippen molar-refractivity contribution in [3.63, 3.8) is 0 Å². The highest BCUT2D eigenvalue weighted by molar-refractivity contribution is 7.91. The lowest BCUT2D eigenvalue weighted by atomic mass is 10.1. The van der Waals surface area contributed by atoms with Crippen LogP contribution in [0.3, 0.4) is 0 Å². The molecule has 2 fully saturated rings. The topological polar surface area (TPSA) is 57.7 Å². The van der Waals surface area contributed by atoms with Crippen LogP contribution in [-0.4, -0.2) is 42.9 Å². The van der Waals surface area contributed by atoms with Gasteiger partial charge in [-0.1, -0.05) is 35.9 Å². The normalized spacial score (nSPS) is 23.7. The van der Waals surface area contributed by atoms with Crippen molar-refractivity contribution in [1.82, 2.24) is 4.90 Å². The Balaban J connectivity index is 1.74. The fourth-order valence-electron chi connectivity index (χ4n) is 3.81. The molecule has 2 aromatic carbocycles. The van der Waals surface area contributed by atoms with E-state index in [2.05, 4.69) is 0 Å². The van der Waals surface area contributed by atoms with E-state index in [1.165, 1.54) is 15.9 Å². The summed E-state index contributed by atoms with van der Waals surface area (Å²) in [6.07, 6.45) is 0. The third-order valence-electron chi connectivity index (χ3n) is 5.21. The van der Waals surface area contributed by atoms with Crippen LogP contribution in [0.2, 0.25) is 5.02 Å². The minimum Gasteiger partial charge on any atom is -0.314 e. The Bertz CT molecular complexity index is 1030. The maximum Gasteiger partial charge on any atom is 0.325 e. The van der Waals surface area contributed by atoms with Gasteiger partial charge in [-0.15, -0.1) is 0 Å². The predicted molar refractivity (Wildman–Crippen MR) is 102 cm³/mol. The molecule has 2 atom stereocenters. The molecule has 5 nitrogen and oxygen atoms in total. The monoisotopic (exact) mass is 408 g/mol. The van der Waals surface area contributed by atoms with Gasteiger partial charge in [0.1, 0.15) is 5.82 Å². The summed E-state index contributed by atoms with van der Waals surface area (Å²) in [7, 11) is -3.29. The lowest BCUT2D eigenvalue weighted by molar-refractivity contribution is 0.205. The highest BCUT2D eigenvalue weighted by Crippen LogP contribution is 2.37. The molecule has 0 aromatic heterocycles. The Morgan fingerprint density at radius 2 is 1.85 bits per heavy atom. The van der Waals surface area contributed by atoms with E-state index < -0.39 is 27.7 Å². The molecule has 0 aliphatic carbocycles. The summed E-state index contributed by atoms with van der Waals surface area (Å²) >= 11 is 6.21. The maximum absolute atomic E-state index is 14.1. The molecule has 142 valence electrons.